The SMILES string of the molecule is O=C(CN1CCCN(C(=O)Cc2cccc(SC(F)(F)F)c2)CC1)Nc1ccc(F)cc1. The molecule has 3 rings (SSSR count). The van der Waals surface area contributed by atoms with Gasteiger partial charge in [0.2, 0.25) is 11.8 Å². The Bertz CT molecular complexity index is 938. The lowest BCUT2D eigenvalue weighted by molar-refractivity contribution is -0.130. The molecule has 1 saturated heterocycles. The number of nitrogens with one attached hydrogen (secondary N) is 1. The topological polar surface area (TPSA) is 52.7 Å². The van der Waals surface area contributed by atoms with E-state index in [2.05, 4.69) is 5.32 Å². The highest BCUT2D eigenvalue weighted by atomic mass is 32.2. The lowest BCUT2D eigenvalue weighted by Crippen LogP contribution is -2.38. The fourth-order valence-corrected chi connectivity index (χ4v) is 4.08. The Morgan fingerprint density at radius 2 is 1.75 bits per heavy atom. The number of nitrogens with zero attached hydrogens (tertiary/aromatic N) is 2. The number of carbonyl (C=O) groups excluding carboxylic acids is 2. The van der Waals surface area contributed by atoms with Crippen LogP contribution in [0.25, 0.3) is 0 Å². The molecule has 0 aliphatic carbocycles. The number of benzene rings is 2. The maximum absolute atomic E-state index is 13.0. The average molecular weight is 470 g/mol. The van der Waals surface area contributed by atoms with Crippen molar-refractivity contribution in [2.75, 3.05) is 38.0 Å². The number of hydrogen-bond acceptors (Lipinski definition) is 4. The highest BCUT2D eigenvalue weighted by molar-refractivity contribution is 8.00. The smallest absolute Gasteiger partial charge is 0.341 e. The lowest BCUT2D eigenvalue weighted by atomic mass is 10.1. The lowest BCUT2D eigenvalue weighted by Gasteiger charge is -2.22. The summed E-state index contributed by atoms with van der Waals surface area (Å²) >= 11 is -0.200. The Morgan fingerprint density at radius 1 is 1.00 bits per heavy atom. The molecule has 0 atom stereocenters. The Morgan fingerprint density at radius 3 is 2.47 bits per heavy atom. The molecule has 0 bridgehead atoms. The van der Waals surface area contributed by atoms with Gasteiger partial charge in [0.1, 0.15) is 5.82 Å². The fourth-order valence-electron chi connectivity index (χ4n) is 3.45. The summed E-state index contributed by atoms with van der Waals surface area (Å²) in [6.45, 7) is 2.24. The van der Waals surface area contributed by atoms with Gasteiger partial charge in [-0.15, -0.1) is 0 Å². The zero-order valence-corrected chi connectivity index (χ0v) is 18.0. The molecule has 32 heavy (non-hydrogen) atoms. The van der Waals surface area contributed by atoms with Crippen LogP contribution in [0.4, 0.5) is 23.2 Å². The Kier molecular flexibility index (Phi) is 8.14. The van der Waals surface area contributed by atoms with E-state index in [1.54, 1.807) is 11.0 Å². The van der Waals surface area contributed by atoms with Crippen molar-refractivity contribution in [1.82, 2.24) is 9.80 Å². The van der Waals surface area contributed by atoms with E-state index in [9.17, 15) is 27.2 Å². The molecule has 0 radical (unpaired) electrons. The third kappa shape index (κ3) is 7.83. The summed E-state index contributed by atoms with van der Waals surface area (Å²) in [7, 11) is 0. The van der Waals surface area contributed by atoms with E-state index in [0.717, 1.165) is 0 Å². The molecule has 172 valence electrons. The Hall–Kier alpha value is -2.59. The van der Waals surface area contributed by atoms with Crippen molar-refractivity contribution >= 4 is 29.3 Å². The first-order valence-corrected chi connectivity index (χ1v) is 10.9. The van der Waals surface area contributed by atoms with E-state index in [4.69, 9.17) is 0 Å². The highest BCUT2D eigenvalue weighted by Crippen LogP contribution is 2.37. The van der Waals surface area contributed by atoms with Crippen LogP contribution in [0.1, 0.15) is 12.0 Å². The van der Waals surface area contributed by atoms with Gasteiger partial charge < -0.3 is 10.2 Å². The predicted octanol–water partition coefficient (Wildman–Crippen LogP) is 4.15. The number of thioether (sulfide) groups is 1. The molecular weight excluding hydrogens is 446 g/mol. The quantitative estimate of drug-likeness (QED) is 0.510. The van der Waals surface area contributed by atoms with Crippen molar-refractivity contribution in [2.45, 2.75) is 23.2 Å². The van der Waals surface area contributed by atoms with Crippen LogP contribution in [0.3, 0.4) is 0 Å². The zero-order valence-electron chi connectivity index (χ0n) is 17.2. The van der Waals surface area contributed by atoms with Crippen molar-refractivity contribution in [2.24, 2.45) is 0 Å². The fraction of sp³-hybridized carbons (Fsp3) is 0.364. The van der Waals surface area contributed by atoms with Crippen molar-refractivity contribution in [1.29, 1.82) is 0 Å². The normalized spacial score (nSPS) is 15.3. The van der Waals surface area contributed by atoms with Crippen LogP contribution in [0.2, 0.25) is 0 Å². The van der Waals surface area contributed by atoms with Gasteiger partial charge in [-0.2, -0.15) is 13.2 Å². The number of amides is 2. The van der Waals surface area contributed by atoms with Gasteiger partial charge in [-0.3, -0.25) is 14.5 Å². The van der Waals surface area contributed by atoms with Crippen molar-refractivity contribution in [3.63, 3.8) is 0 Å². The molecule has 0 spiro atoms. The van der Waals surface area contributed by atoms with Gasteiger partial charge in [0.05, 0.1) is 13.0 Å². The summed E-state index contributed by atoms with van der Waals surface area (Å²) < 4.78 is 50.7. The summed E-state index contributed by atoms with van der Waals surface area (Å²) in [5.74, 6) is -0.766. The summed E-state index contributed by atoms with van der Waals surface area (Å²) in [5, 5.41) is 2.71. The Labute approximate surface area is 187 Å². The first-order chi connectivity index (χ1) is 15.2. The third-order valence-electron chi connectivity index (χ3n) is 4.92. The molecule has 0 unspecified atom stereocenters. The molecule has 2 aromatic carbocycles. The molecule has 0 saturated carbocycles. The molecule has 1 aliphatic rings. The summed E-state index contributed by atoms with van der Waals surface area (Å²) in [6, 6.07) is 11.4. The monoisotopic (exact) mass is 469 g/mol. The van der Waals surface area contributed by atoms with Gasteiger partial charge in [-0.05, 0) is 60.1 Å². The first-order valence-electron chi connectivity index (χ1n) is 10.1. The minimum atomic E-state index is -4.38. The number of halogens is 4. The van der Waals surface area contributed by atoms with Gasteiger partial charge in [0.25, 0.3) is 0 Å². The second kappa shape index (κ2) is 10.8. The van der Waals surface area contributed by atoms with Crippen molar-refractivity contribution < 1.29 is 27.2 Å². The first kappa shape index (κ1) is 24.1. The van der Waals surface area contributed by atoms with Crippen molar-refractivity contribution in [3.8, 4) is 0 Å². The molecule has 5 nitrogen and oxygen atoms in total. The predicted molar refractivity (Wildman–Crippen MR) is 115 cm³/mol. The van der Waals surface area contributed by atoms with Crippen LogP contribution in [0, 0.1) is 5.82 Å². The molecule has 1 fully saturated rings. The maximum Gasteiger partial charge on any atom is 0.446 e. The minimum Gasteiger partial charge on any atom is -0.341 e. The highest BCUT2D eigenvalue weighted by Gasteiger charge is 2.29. The van der Waals surface area contributed by atoms with E-state index in [-0.39, 0.29) is 47.3 Å². The average Bonchev–Trinajstić information content (AvgIpc) is 2.94. The van der Waals surface area contributed by atoms with Crippen LogP contribution in [-0.4, -0.2) is 59.8 Å². The molecule has 1 N–H and O–H groups in total. The number of carbonyl (C=O) groups is 2. The van der Waals surface area contributed by atoms with Gasteiger partial charge in [0.15, 0.2) is 0 Å². The Balaban J connectivity index is 1.49. The molecule has 0 aromatic heterocycles. The van der Waals surface area contributed by atoms with Crippen LogP contribution in [-0.2, 0) is 16.0 Å². The number of anilines is 1. The standard InChI is InChI=1S/C22H23F4N3O2S/c23-17-5-7-18(8-6-17)27-20(30)15-28-9-2-10-29(12-11-28)21(31)14-16-3-1-4-19(13-16)32-22(24,25)26/h1,3-8,13H,2,9-12,14-15H2,(H,27,30). The minimum absolute atomic E-state index is 0.0251. The number of rotatable bonds is 6. The van der Waals surface area contributed by atoms with Gasteiger partial charge in [-0.1, -0.05) is 12.1 Å². The molecule has 1 heterocycles. The van der Waals surface area contributed by atoms with E-state index in [0.29, 0.717) is 43.9 Å². The molecule has 2 aromatic rings. The van der Waals surface area contributed by atoms with Gasteiger partial charge in [0, 0.05) is 36.8 Å². The second-order valence-corrected chi connectivity index (χ2v) is 8.58. The van der Waals surface area contributed by atoms with Crippen LogP contribution in [0.5, 0.6) is 0 Å². The van der Waals surface area contributed by atoms with Crippen LogP contribution >= 0.6 is 11.8 Å². The van der Waals surface area contributed by atoms with E-state index < -0.39 is 5.51 Å². The van der Waals surface area contributed by atoms with E-state index >= 15 is 0 Å². The summed E-state index contributed by atoms with van der Waals surface area (Å²) in [4.78, 5) is 28.6. The zero-order chi connectivity index (χ0) is 23.1. The third-order valence-corrected chi connectivity index (χ3v) is 5.64. The number of hydrogen-bond donors (Lipinski definition) is 1. The molecular formula is C22H23F4N3O2S. The summed E-state index contributed by atoms with van der Waals surface area (Å²) in [6.07, 6.45) is 0.705. The van der Waals surface area contributed by atoms with E-state index in [1.807, 2.05) is 4.90 Å². The largest absolute Gasteiger partial charge is 0.446 e. The molecule has 2 amide bonds. The number of alkyl halides is 3. The summed E-state index contributed by atoms with van der Waals surface area (Å²) in [5.41, 5.74) is -3.34. The molecule has 1 aliphatic heterocycles. The van der Waals surface area contributed by atoms with Crippen LogP contribution in [0.15, 0.2) is 53.4 Å². The van der Waals surface area contributed by atoms with Crippen LogP contribution < -0.4 is 5.32 Å². The van der Waals surface area contributed by atoms with Gasteiger partial charge >= 0.3 is 5.51 Å². The van der Waals surface area contributed by atoms with Crippen molar-refractivity contribution in [3.05, 3.63) is 59.9 Å². The second-order valence-electron chi connectivity index (χ2n) is 7.44. The maximum atomic E-state index is 13.0. The van der Waals surface area contributed by atoms with E-state index in [1.165, 1.54) is 42.5 Å². The van der Waals surface area contributed by atoms with Gasteiger partial charge in [-0.25, -0.2) is 4.39 Å². The molecule has 10 heteroatoms.